The quantitative estimate of drug-likeness (QED) is 0.578. The third kappa shape index (κ3) is 5.54. The van der Waals surface area contributed by atoms with Gasteiger partial charge in [0, 0.05) is 31.6 Å². The molecule has 3 aromatic rings. The van der Waals surface area contributed by atoms with Gasteiger partial charge in [0.25, 0.3) is 5.91 Å². The number of carbonyl (C=O) groups excluding carboxylic acids is 2. The summed E-state index contributed by atoms with van der Waals surface area (Å²) in [5.74, 6) is -0.917. The van der Waals surface area contributed by atoms with Gasteiger partial charge in [0.05, 0.1) is 16.5 Å². The van der Waals surface area contributed by atoms with Crippen molar-refractivity contribution in [1.29, 1.82) is 0 Å². The molecule has 0 saturated carbocycles. The first kappa shape index (κ1) is 22.8. The van der Waals surface area contributed by atoms with Crippen molar-refractivity contribution >= 4 is 23.4 Å². The number of rotatable bonds is 6. The van der Waals surface area contributed by atoms with Gasteiger partial charge in [-0.1, -0.05) is 28.9 Å². The van der Waals surface area contributed by atoms with Gasteiger partial charge >= 0.3 is 0 Å². The van der Waals surface area contributed by atoms with Crippen molar-refractivity contribution in [3.8, 4) is 11.4 Å². The van der Waals surface area contributed by atoms with Gasteiger partial charge in [-0.25, -0.2) is 8.78 Å². The minimum atomic E-state index is -0.532. The van der Waals surface area contributed by atoms with E-state index in [9.17, 15) is 18.4 Å². The summed E-state index contributed by atoms with van der Waals surface area (Å²) in [6.45, 7) is 1.14. The van der Waals surface area contributed by atoms with Crippen LogP contribution in [0.25, 0.3) is 11.4 Å². The lowest BCUT2D eigenvalue weighted by molar-refractivity contribution is -0.132. The second-order valence-electron chi connectivity index (χ2n) is 7.78. The Labute approximate surface area is 193 Å². The highest BCUT2D eigenvalue weighted by molar-refractivity contribution is 6.33. The molecule has 1 atom stereocenters. The number of nitrogens with one attached hydrogen (secondary N) is 1. The van der Waals surface area contributed by atoms with E-state index < -0.39 is 11.7 Å². The van der Waals surface area contributed by atoms with Gasteiger partial charge in [-0.2, -0.15) is 4.98 Å². The van der Waals surface area contributed by atoms with Crippen LogP contribution in [0.4, 0.5) is 8.78 Å². The normalized spacial score (nSPS) is 16.0. The average molecular weight is 475 g/mol. The van der Waals surface area contributed by atoms with E-state index in [1.165, 1.54) is 18.2 Å². The van der Waals surface area contributed by atoms with Crippen LogP contribution in [0.1, 0.15) is 41.4 Å². The highest BCUT2D eigenvalue weighted by Gasteiger charge is 2.28. The lowest BCUT2D eigenvalue weighted by Gasteiger charge is -2.31. The Morgan fingerprint density at radius 1 is 1.18 bits per heavy atom. The fourth-order valence-corrected chi connectivity index (χ4v) is 4.01. The fraction of sp³-hybridized carbons (Fsp3) is 0.304. The van der Waals surface area contributed by atoms with Gasteiger partial charge in [-0.05, 0) is 43.2 Å². The van der Waals surface area contributed by atoms with E-state index in [0.717, 1.165) is 25.0 Å². The number of amides is 2. The van der Waals surface area contributed by atoms with E-state index in [4.69, 9.17) is 16.1 Å². The molecule has 0 spiro atoms. The minimum absolute atomic E-state index is 0.00914. The monoisotopic (exact) mass is 474 g/mol. The number of nitrogens with zero attached hydrogens (tertiary/aromatic N) is 3. The number of aromatic nitrogens is 2. The van der Waals surface area contributed by atoms with E-state index in [-0.39, 0.29) is 41.2 Å². The van der Waals surface area contributed by atoms with Crippen molar-refractivity contribution in [1.82, 2.24) is 20.4 Å². The van der Waals surface area contributed by atoms with E-state index in [2.05, 4.69) is 15.5 Å². The topological polar surface area (TPSA) is 88.3 Å². The second kappa shape index (κ2) is 10.1. The van der Waals surface area contributed by atoms with Crippen LogP contribution in [0.3, 0.4) is 0 Å². The van der Waals surface area contributed by atoms with Crippen molar-refractivity contribution in [2.45, 2.75) is 25.2 Å². The van der Waals surface area contributed by atoms with Crippen molar-refractivity contribution in [3.63, 3.8) is 0 Å². The maximum atomic E-state index is 13.5. The molecule has 172 valence electrons. The fourth-order valence-electron chi connectivity index (χ4n) is 3.76. The molecule has 10 heteroatoms. The maximum absolute atomic E-state index is 13.5. The standard InChI is InChI=1S/C23H21ClF2N4O3/c24-19-12-17(26)6-7-18(19)22(32)27-9-8-20(31)30-10-2-4-15(13-30)23-28-21(29-33-23)14-3-1-5-16(25)11-14/h1,3,5-7,11-12,15H,2,4,8-10,13H2,(H,27,32). The molecule has 1 saturated heterocycles. The largest absolute Gasteiger partial charge is 0.351 e. The van der Waals surface area contributed by atoms with Crippen LogP contribution < -0.4 is 5.32 Å². The molecule has 0 aliphatic carbocycles. The molecule has 1 aliphatic rings. The summed E-state index contributed by atoms with van der Waals surface area (Å²) in [6, 6.07) is 9.45. The molecule has 1 aromatic heterocycles. The summed E-state index contributed by atoms with van der Waals surface area (Å²) in [7, 11) is 0. The first-order valence-corrected chi connectivity index (χ1v) is 10.9. The third-order valence-corrected chi connectivity index (χ3v) is 5.76. The molecule has 1 fully saturated rings. The summed E-state index contributed by atoms with van der Waals surface area (Å²) in [6.07, 6.45) is 1.66. The van der Waals surface area contributed by atoms with Crippen LogP contribution >= 0.6 is 11.6 Å². The molecular formula is C23H21ClF2N4O3. The average Bonchev–Trinajstić information content (AvgIpc) is 3.29. The summed E-state index contributed by atoms with van der Waals surface area (Å²) in [4.78, 5) is 31.0. The Balaban J connectivity index is 1.31. The lowest BCUT2D eigenvalue weighted by atomic mass is 9.97. The van der Waals surface area contributed by atoms with Crippen LogP contribution in [0.5, 0.6) is 0 Å². The van der Waals surface area contributed by atoms with Crippen molar-refractivity contribution < 1.29 is 22.9 Å². The Kier molecular flexibility index (Phi) is 6.98. The highest BCUT2D eigenvalue weighted by atomic mass is 35.5. The van der Waals surface area contributed by atoms with Crippen LogP contribution in [0, 0.1) is 11.6 Å². The van der Waals surface area contributed by atoms with Crippen LogP contribution in [0.15, 0.2) is 47.0 Å². The molecule has 0 bridgehead atoms. The first-order valence-electron chi connectivity index (χ1n) is 10.5. The zero-order chi connectivity index (χ0) is 23.4. The van der Waals surface area contributed by atoms with E-state index in [0.29, 0.717) is 30.4 Å². The van der Waals surface area contributed by atoms with E-state index >= 15 is 0 Å². The molecule has 1 aliphatic heterocycles. The third-order valence-electron chi connectivity index (χ3n) is 5.45. The lowest BCUT2D eigenvalue weighted by Crippen LogP contribution is -2.40. The molecule has 0 radical (unpaired) electrons. The molecular weight excluding hydrogens is 454 g/mol. The Bertz CT molecular complexity index is 1170. The predicted octanol–water partition coefficient (Wildman–Crippen LogP) is 4.19. The zero-order valence-corrected chi connectivity index (χ0v) is 18.3. The van der Waals surface area contributed by atoms with E-state index in [1.807, 2.05) is 0 Å². The summed E-state index contributed by atoms with van der Waals surface area (Å²) >= 11 is 5.90. The SMILES string of the molecule is O=C(NCCC(=O)N1CCCC(c2nc(-c3cccc(F)c3)no2)C1)c1ccc(F)cc1Cl. The molecule has 33 heavy (non-hydrogen) atoms. The van der Waals surface area contributed by atoms with Crippen LogP contribution in [-0.4, -0.2) is 46.5 Å². The molecule has 1 N–H and O–H groups in total. The number of piperidine rings is 1. The molecule has 4 rings (SSSR count). The van der Waals surface area contributed by atoms with Crippen molar-refractivity contribution in [2.24, 2.45) is 0 Å². The number of benzene rings is 2. The predicted molar refractivity (Wildman–Crippen MR) is 117 cm³/mol. The maximum Gasteiger partial charge on any atom is 0.252 e. The summed E-state index contributed by atoms with van der Waals surface area (Å²) in [5.41, 5.74) is 0.666. The molecule has 7 nitrogen and oxygen atoms in total. The minimum Gasteiger partial charge on any atom is -0.351 e. The van der Waals surface area contributed by atoms with Gasteiger partial charge in [-0.3, -0.25) is 9.59 Å². The van der Waals surface area contributed by atoms with E-state index in [1.54, 1.807) is 17.0 Å². The van der Waals surface area contributed by atoms with Gasteiger partial charge in [0.1, 0.15) is 11.6 Å². The highest BCUT2D eigenvalue weighted by Crippen LogP contribution is 2.28. The van der Waals surface area contributed by atoms with Crippen molar-refractivity contribution in [3.05, 3.63) is 70.6 Å². The summed E-state index contributed by atoms with van der Waals surface area (Å²) in [5, 5.41) is 6.59. The molecule has 2 aromatic carbocycles. The second-order valence-corrected chi connectivity index (χ2v) is 8.18. The zero-order valence-electron chi connectivity index (χ0n) is 17.6. The van der Waals surface area contributed by atoms with Crippen LogP contribution in [0.2, 0.25) is 5.02 Å². The Morgan fingerprint density at radius 3 is 2.79 bits per heavy atom. The number of hydrogen-bond donors (Lipinski definition) is 1. The summed E-state index contributed by atoms with van der Waals surface area (Å²) < 4.78 is 32.0. The number of carbonyl (C=O) groups is 2. The number of hydrogen-bond acceptors (Lipinski definition) is 5. The molecule has 2 amide bonds. The van der Waals surface area contributed by atoms with Gasteiger partial charge in [0.15, 0.2) is 0 Å². The Morgan fingerprint density at radius 2 is 2.00 bits per heavy atom. The smallest absolute Gasteiger partial charge is 0.252 e. The van der Waals surface area contributed by atoms with Gasteiger partial charge < -0.3 is 14.7 Å². The first-order chi connectivity index (χ1) is 15.9. The number of likely N-dealkylation sites (tertiary alicyclic amines) is 1. The van der Waals surface area contributed by atoms with Crippen molar-refractivity contribution in [2.75, 3.05) is 19.6 Å². The Hall–Kier alpha value is -3.33. The van der Waals surface area contributed by atoms with Gasteiger partial charge in [0.2, 0.25) is 17.6 Å². The van der Waals surface area contributed by atoms with Gasteiger partial charge in [-0.15, -0.1) is 0 Å². The van der Waals surface area contributed by atoms with Crippen LogP contribution in [-0.2, 0) is 4.79 Å². The molecule has 2 heterocycles. The number of halogens is 3. The molecule has 1 unspecified atom stereocenters.